The van der Waals surface area contributed by atoms with Crippen LogP contribution >= 0.6 is 0 Å². The number of nitrogens with one attached hydrogen (secondary N) is 1. The zero-order valence-electron chi connectivity index (χ0n) is 12.2. The lowest BCUT2D eigenvalue weighted by atomic mass is 10.0. The van der Waals surface area contributed by atoms with Crippen molar-refractivity contribution in [1.82, 2.24) is 5.32 Å². The second kappa shape index (κ2) is 5.60. The lowest BCUT2D eigenvalue weighted by Crippen LogP contribution is -2.30. The maximum Gasteiger partial charge on any atom is 0.253 e. The standard InChI is InChI=1S/C18H20N2O/c1-12-6-5-9-15(16(12)19)18(21)20-17(14-10-11-14)13-7-3-2-4-8-13/h2-9,14,17H,10-11,19H2,1H3,(H,20,21). The minimum Gasteiger partial charge on any atom is -0.398 e. The van der Waals surface area contributed by atoms with Crippen molar-refractivity contribution in [3.63, 3.8) is 0 Å². The van der Waals surface area contributed by atoms with Crippen LogP contribution in [0.4, 0.5) is 5.69 Å². The molecule has 3 rings (SSSR count). The summed E-state index contributed by atoms with van der Waals surface area (Å²) >= 11 is 0. The van der Waals surface area contributed by atoms with E-state index >= 15 is 0 Å². The average molecular weight is 280 g/mol. The van der Waals surface area contributed by atoms with Gasteiger partial charge in [-0.05, 0) is 42.9 Å². The number of benzene rings is 2. The highest BCUT2D eigenvalue weighted by Gasteiger charge is 2.33. The highest BCUT2D eigenvalue weighted by Crippen LogP contribution is 2.41. The first kappa shape index (κ1) is 13.7. The second-order valence-electron chi connectivity index (χ2n) is 5.74. The van der Waals surface area contributed by atoms with Gasteiger partial charge in [-0.15, -0.1) is 0 Å². The Bertz CT molecular complexity index is 648. The third-order valence-electron chi connectivity index (χ3n) is 4.11. The van der Waals surface area contributed by atoms with Gasteiger partial charge in [-0.25, -0.2) is 0 Å². The number of carbonyl (C=O) groups is 1. The van der Waals surface area contributed by atoms with Gasteiger partial charge in [-0.2, -0.15) is 0 Å². The van der Waals surface area contributed by atoms with Crippen molar-refractivity contribution in [2.24, 2.45) is 5.92 Å². The molecule has 3 heteroatoms. The fourth-order valence-electron chi connectivity index (χ4n) is 2.66. The van der Waals surface area contributed by atoms with E-state index in [1.165, 1.54) is 18.4 Å². The van der Waals surface area contributed by atoms with Crippen molar-refractivity contribution in [2.75, 3.05) is 5.73 Å². The van der Waals surface area contributed by atoms with Crippen LogP contribution in [-0.4, -0.2) is 5.91 Å². The van der Waals surface area contributed by atoms with Crippen molar-refractivity contribution >= 4 is 11.6 Å². The minimum atomic E-state index is -0.0862. The van der Waals surface area contributed by atoms with Crippen molar-refractivity contribution in [1.29, 1.82) is 0 Å². The summed E-state index contributed by atoms with van der Waals surface area (Å²) in [6.45, 7) is 1.92. The quantitative estimate of drug-likeness (QED) is 0.843. The molecule has 0 aromatic heterocycles. The van der Waals surface area contributed by atoms with Gasteiger partial charge >= 0.3 is 0 Å². The van der Waals surface area contributed by atoms with Gasteiger partial charge in [0.15, 0.2) is 0 Å². The van der Waals surface area contributed by atoms with Crippen LogP contribution in [-0.2, 0) is 0 Å². The van der Waals surface area contributed by atoms with E-state index in [4.69, 9.17) is 5.73 Å². The van der Waals surface area contributed by atoms with Crippen molar-refractivity contribution < 1.29 is 4.79 Å². The summed E-state index contributed by atoms with van der Waals surface area (Å²) in [7, 11) is 0. The molecule has 21 heavy (non-hydrogen) atoms. The first-order valence-corrected chi connectivity index (χ1v) is 7.37. The van der Waals surface area contributed by atoms with Gasteiger partial charge in [-0.1, -0.05) is 42.5 Å². The number of para-hydroxylation sites is 1. The fourth-order valence-corrected chi connectivity index (χ4v) is 2.66. The van der Waals surface area contributed by atoms with Gasteiger partial charge in [0.05, 0.1) is 11.6 Å². The van der Waals surface area contributed by atoms with Gasteiger partial charge < -0.3 is 11.1 Å². The zero-order valence-corrected chi connectivity index (χ0v) is 12.2. The Morgan fingerprint density at radius 2 is 1.86 bits per heavy atom. The summed E-state index contributed by atoms with van der Waals surface area (Å²) in [4.78, 5) is 12.5. The Labute approximate surface area is 125 Å². The summed E-state index contributed by atoms with van der Waals surface area (Å²) < 4.78 is 0. The number of nitrogen functional groups attached to an aromatic ring is 1. The first-order valence-electron chi connectivity index (χ1n) is 7.37. The molecule has 2 aromatic rings. The van der Waals surface area contributed by atoms with Crippen LogP contribution in [0.1, 0.15) is 40.4 Å². The smallest absolute Gasteiger partial charge is 0.253 e. The highest BCUT2D eigenvalue weighted by atomic mass is 16.1. The molecule has 1 aliphatic carbocycles. The Balaban J connectivity index is 1.83. The molecule has 2 aromatic carbocycles. The summed E-state index contributed by atoms with van der Waals surface area (Å²) in [5.41, 5.74) is 9.26. The maximum atomic E-state index is 12.5. The minimum absolute atomic E-state index is 0.0820. The Morgan fingerprint density at radius 1 is 1.14 bits per heavy atom. The number of anilines is 1. The molecule has 1 saturated carbocycles. The summed E-state index contributed by atoms with van der Waals surface area (Å²) in [6.07, 6.45) is 2.34. The van der Waals surface area contributed by atoms with Crippen LogP contribution in [0.3, 0.4) is 0 Å². The average Bonchev–Trinajstić information content (AvgIpc) is 3.33. The number of hydrogen-bond acceptors (Lipinski definition) is 2. The summed E-state index contributed by atoms with van der Waals surface area (Å²) in [6, 6.07) is 15.8. The van der Waals surface area contributed by atoms with Crippen LogP contribution in [0.2, 0.25) is 0 Å². The first-order chi connectivity index (χ1) is 10.2. The van der Waals surface area contributed by atoms with Crippen molar-refractivity contribution in [2.45, 2.75) is 25.8 Å². The third-order valence-corrected chi connectivity index (χ3v) is 4.11. The Hall–Kier alpha value is -2.29. The molecule has 0 saturated heterocycles. The van der Waals surface area contributed by atoms with Gasteiger partial charge in [0, 0.05) is 5.69 Å². The van der Waals surface area contributed by atoms with Gasteiger partial charge in [-0.3, -0.25) is 4.79 Å². The lowest BCUT2D eigenvalue weighted by Gasteiger charge is -2.19. The molecule has 0 radical (unpaired) electrons. The van der Waals surface area contributed by atoms with Crippen LogP contribution < -0.4 is 11.1 Å². The molecule has 1 aliphatic rings. The molecule has 0 spiro atoms. The number of nitrogens with two attached hydrogens (primary N) is 1. The molecule has 3 N–H and O–H groups in total. The van der Waals surface area contributed by atoms with Gasteiger partial charge in [0.1, 0.15) is 0 Å². The molecular formula is C18H20N2O. The van der Waals surface area contributed by atoms with Gasteiger partial charge in [0.25, 0.3) is 5.91 Å². The molecule has 0 heterocycles. The maximum absolute atomic E-state index is 12.5. The van der Waals surface area contributed by atoms with Gasteiger partial charge in [0.2, 0.25) is 0 Å². The van der Waals surface area contributed by atoms with E-state index in [9.17, 15) is 4.79 Å². The highest BCUT2D eigenvalue weighted by molar-refractivity contribution is 5.99. The van der Waals surface area contributed by atoms with E-state index in [2.05, 4.69) is 17.4 Å². The molecule has 3 nitrogen and oxygen atoms in total. The molecule has 0 bridgehead atoms. The summed E-state index contributed by atoms with van der Waals surface area (Å²) in [5, 5.41) is 3.16. The number of carbonyl (C=O) groups excluding carboxylic acids is 1. The number of hydrogen-bond donors (Lipinski definition) is 2. The molecule has 108 valence electrons. The van der Waals surface area contributed by atoms with Crippen molar-refractivity contribution in [3.8, 4) is 0 Å². The van der Waals surface area contributed by atoms with E-state index in [1.807, 2.05) is 37.3 Å². The molecule has 1 amide bonds. The molecule has 1 atom stereocenters. The lowest BCUT2D eigenvalue weighted by molar-refractivity contribution is 0.0932. The predicted octanol–water partition coefficient (Wildman–Crippen LogP) is 3.46. The Kier molecular flexibility index (Phi) is 3.65. The second-order valence-corrected chi connectivity index (χ2v) is 5.74. The monoisotopic (exact) mass is 280 g/mol. The SMILES string of the molecule is Cc1cccc(C(=O)NC(c2ccccc2)C2CC2)c1N. The normalized spacial score (nSPS) is 15.5. The van der Waals surface area contributed by atoms with Crippen LogP contribution in [0.25, 0.3) is 0 Å². The molecule has 0 aliphatic heterocycles. The van der Waals surface area contributed by atoms with E-state index in [1.54, 1.807) is 6.07 Å². The predicted molar refractivity (Wildman–Crippen MR) is 85.0 cm³/mol. The number of rotatable bonds is 4. The molecule has 1 unspecified atom stereocenters. The molecule has 1 fully saturated rings. The third kappa shape index (κ3) is 2.92. The van der Waals surface area contributed by atoms with Crippen LogP contribution in [0.15, 0.2) is 48.5 Å². The zero-order chi connectivity index (χ0) is 14.8. The van der Waals surface area contributed by atoms with E-state index in [0.29, 0.717) is 17.2 Å². The number of aryl methyl sites for hydroxylation is 1. The largest absolute Gasteiger partial charge is 0.398 e. The van der Waals surface area contributed by atoms with Crippen LogP contribution in [0.5, 0.6) is 0 Å². The topological polar surface area (TPSA) is 55.1 Å². The van der Waals surface area contributed by atoms with E-state index < -0.39 is 0 Å². The summed E-state index contributed by atoms with van der Waals surface area (Å²) in [5.74, 6) is 0.458. The fraction of sp³-hybridized carbons (Fsp3) is 0.278. The van der Waals surface area contributed by atoms with Crippen LogP contribution in [0, 0.1) is 12.8 Å². The molecular weight excluding hydrogens is 260 g/mol. The van der Waals surface area contributed by atoms with Crippen molar-refractivity contribution in [3.05, 3.63) is 65.2 Å². The number of amides is 1. The Morgan fingerprint density at radius 3 is 2.52 bits per heavy atom. The van der Waals surface area contributed by atoms with E-state index in [0.717, 1.165) is 5.56 Å². The van der Waals surface area contributed by atoms with E-state index in [-0.39, 0.29) is 11.9 Å².